The van der Waals surface area contributed by atoms with Gasteiger partial charge in [-0.1, -0.05) is 22.4 Å². The number of sulfonamides is 1. The molecule has 0 amide bonds. The van der Waals surface area contributed by atoms with Gasteiger partial charge in [0.1, 0.15) is 22.1 Å². The normalized spacial score (nSPS) is 15.8. The molecule has 0 bridgehead atoms. The van der Waals surface area contributed by atoms with E-state index in [1.807, 2.05) is 45.9 Å². The largest absolute Gasteiger partial charge is 0.366 e. The number of aryl methyl sites for hydroxylation is 3. The molecule has 6 rings (SSSR count). The minimum absolute atomic E-state index is 0.0717. The summed E-state index contributed by atoms with van der Waals surface area (Å²) in [6.45, 7) is 12.6. The molecule has 4 aromatic heterocycles. The van der Waals surface area contributed by atoms with E-state index in [1.165, 1.54) is 11.3 Å². The lowest BCUT2D eigenvalue weighted by molar-refractivity contribution is 0.184. The third kappa shape index (κ3) is 5.21. The Hall–Kier alpha value is -3.65. The highest BCUT2D eigenvalue weighted by atomic mass is 32.2. The first-order chi connectivity index (χ1) is 20.1. The summed E-state index contributed by atoms with van der Waals surface area (Å²) in [7, 11) is -3.59. The zero-order valence-corrected chi connectivity index (χ0v) is 25.8. The predicted molar refractivity (Wildman–Crippen MR) is 162 cm³/mol. The number of fused-ring (bicyclic) bond motifs is 1. The van der Waals surface area contributed by atoms with Crippen molar-refractivity contribution in [2.45, 2.75) is 44.9 Å². The number of hydrogen-bond donors (Lipinski definition) is 1. The number of hydrogen-bond acceptors (Lipinski definition) is 11. The molecule has 0 unspecified atom stereocenters. The Morgan fingerprint density at radius 3 is 2.43 bits per heavy atom. The lowest BCUT2D eigenvalue weighted by Crippen LogP contribution is -2.50. The fourth-order valence-corrected chi connectivity index (χ4v) is 8.36. The standard InChI is InChI=1S/C29H33N7O4S2/c1-17(32-29-23-8-6-7-22(27(23)30-16-31-29)26-20(4)34-39-21(26)5)15-35-11-13-36(14-12-35)42(37,38)25-10-9-24(41-25)28-18(2)19(3)33-40-28/h6-10,16-17H,11-15H2,1-5H3,(H,30,31,32)/t17-/m0/s1. The Kier molecular flexibility index (Phi) is 7.60. The first-order valence-electron chi connectivity index (χ1n) is 13.8. The van der Waals surface area contributed by atoms with E-state index in [4.69, 9.17) is 9.05 Å². The molecular formula is C29H33N7O4S2. The minimum atomic E-state index is -3.59. The first-order valence-corrected chi connectivity index (χ1v) is 16.1. The van der Waals surface area contributed by atoms with Gasteiger partial charge in [0.05, 0.1) is 21.8 Å². The third-order valence-electron chi connectivity index (χ3n) is 7.77. The molecule has 1 aromatic carbocycles. The number of piperazine rings is 1. The van der Waals surface area contributed by atoms with E-state index >= 15 is 0 Å². The highest BCUT2D eigenvalue weighted by molar-refractivity contribution is 7.91. The van der Waals surface area contributed by atoms with Gasteiger partial charge >= 0.3 is 0 Å². The quantitative estimate of drug-likeness (QED) is 0.256. The molecule has 0 radical (unpaired) electrons. The molecule has 0 spiro atoms. The predicted octanol–water partition coefficient (Wildman–Crippen LogP) is 5.04. The Morgan fingerprint density at radius 1 is 0.976 bits per heavy atom. The van der Waals surface area contributed by atoms with Gasteiger partial charge in [0.25, 0.3) is 10.0 Å². The van der Waals surface area contributed by atoms with E-state index in [9.17, 15) is 8.42 Å². The highest BCUT2D eigenvalue weighted by Gasteiger charge is 2.31. The smallest absolute Gasteiger partial charge is 0.252 e. The Labute approximate surface area is 248 Å². The Balaban J connectivity index is 1.10. The van der Waals surface area contributed by atoms with Gasteiger partial charge in [-0.05, 0) is 52.8 Å². The van der Waals surface area contributed by atoms with Crippen LogP contribution < -0.4 is 5.32 Å². The van der Waals surface area contributed by atoms with Crippen LogP contribution >= 0.6 is 11.3 Å². The van der Waals surface area contributed by atoms with Gasteiger partial charge in [-0.3, -0.25) is 4.90 Å². The molecule has 13 heteroatoms. The van der Waals surface area contributed by atoms with Crippen molar-refractivity contribution in [1.29, 1.82) is 0 Å². The van der Waals surface area contributed by atoms with Crippen LogP contribution in [0.15, 0.2) is 49.9 Å². The van der Waals surface area contributed by atoms with E-state index in [-0.39, 0.29) is 6.04 Å². The second-order valence-corrected chi connectivity index (χ2v) is 14.0. The molecule has 0 aliphatic carbocycles. The SMILES string of the molecule is Cc1noc(-c2ccc(S(=O)(=O)N3CCN(C[C@H](C)Nc4ncnc5c(-c6c(C)noc6C)cccc45)CC3)s2)c1C. The van der Waals surface area contributed by atoms with E-state index in [0.29, 0.717) is 36.1 Å². The number of aromatic nitrogens is 4. The van der Waals surface area contributed by atoms with E-state index < -0.39 is 10.0 Å². The molecule has 0 saturated carbocycles. The zero-order valence-electron chi connectivity index (χ0n) is 24.2. The fraction of sp³-hybridized carbons (Fsp3) is 0.379. The molecular weight excluding hydrogens is 574 g/mol. The summed E-state index contributed by atoms with van der Waals surface area (Å²) >= 11 is 1.22. The highest BCUT2D eigenvalue weighted by Crippen LogP contribution is 2.36. The second-order valence-electron chi connectivity index (χ2n) is 10.7. The fourth-order valence-electron chi connectivity index (χ4n) is 5.44. The van der Waals surface area contributed by atoms with E-state index in [2.05, 4.69) is 37.4 Å². The van der Waals surface area contributed by atoms with Gasteiger partial charge in [-0.2, -0.15) is 4.31 Å². The van der Waals surface area contributed by atoms with Crippen LogP contribution in [0.4, 0.5) is 5.82 Å². The number of anilines is 1. The topological polar surface area (TPSA) is 130 Å². The number of nitrogens with zero attached hydrogens (tertiary/aromatic N) is 6. The maximum absolute atomic E-state index is 13.4. The van der Waals surface area contributed by atoms with Crippen LogP contribution in [-0.4, -0.2) is 76.7 Å². The molecule has 5 aromatic rings. The molecule has 42 heavy (non-hydrogen) atoms. The van der Waals surface area contributed by atoms with Crippen molar-refractivity contribution in [3.63, 3.8) is 0 Å². The van der Waals surface area contributed by atoms with Crippen LogP contribution in [-0.2, 0) is 10.0 Å². The summed E-state index contributed by atoms with van der Waals surface area (Å²) in [6, 6.07) is 9.55. The molecule has 1 atom stereocenters. The van der Waals surface area contributed by atoms with E-state index in [0.717, 1.165) is 62.0 Å². The molecule has 1 N–H and O–H groups in total. The first kappa shape index (κ1) is 28.5. The number of benzene rings is 1. The van der Waals surface area contributed by atoms with Gasteiger partial charge in [0.15, 0.2) is 5.76 Å². The van der Waals surface area contributed by atoms with E-state index in [1.54, 1.807) is 22.8 Å². The molecule has 1 saturated heterocycles. The summed E-state index contributed by atoms with van der Waals surface area (Å²) in [6.07, 6.45) is 1.57. The maximum Gasteiger partial charge on any atom is 0.252 e. The Bertz CT molecular complexity index is 1830. The van der Waals surface area contributed by atoms with Crippen LogP contribution in [0.5, 0.6) is 0 Å². The van der Waals surface area contributed by atoms with Crippen molar-refractivity contribution in [3.05, 3.63) is 59.4 Å². The van der Waals surface area contributed by atoms with Crippen LogP contribution in [0.25, 0.3) is 32.7 Å². The molecule has 5 heterocycles. The van der Waals surface area contributed by atoms with Gasteiger partial charge in [0, 0.05) is 60.8 Å². The second kappa shape index (κ2) is 11.2. The lowest BCUT2D eigenvalue weighted by Gasteiger charge is -2.35. The summed E-state index contributed by atoms with van der Waals surface area (Å²) in [5.74, 6) is 2.14. The molecule has 1 aliphatic rings. The van der Waals surface area contributed by atoms with Crippen molar-refractivity contribution in [3.8, 4) is 21.8 Å². The van der Waals surface area contributed by atoms with Crippen molar-refractivity contribution in [2.24, 2.45) is 0 Å². The average molecular weight is 608 g/mol. The Morgan fingerprint density at radius 2 is 1.74 bits per heavy atom. The van der Waals surface area contributed by atoms with Gasteiger partial charge in [0.2, 0.25) is 0 Å². The number of para-hydroxylation sites is 1. The van der Waals surface area contributed by atoms with Gasteiger partial charge < -0.3 is 14.4 Å². The van der Waals surface area contributed by atoms with Crippen molar-refractivity contribution in [2.75, 3.05) is 38.0 Å². The average Bonchev–Trinajstić information content (AvgIpc) is 3.68. The third-order valence-corrected chi connectivity index (χ3v) is 11.2. The summed E-state index contributed by atoms with van der Waals surface area (Å²) < 4.78 is 39.5. The van der Waals surface area contributed by atoms with Gasteiger partial charge in [-0.25, -0.2) is 18.4 Å². The number of rotatable bonds is 8. The van der Waals surface area contributed by atoms with Crippen LogP contribution in [0.2, 0.25) is 0 Å². The lowest BCUT2D eigenvalue weighted by atomic mass is 10.0. The van der Waals surface area contributed by atoms with Crippen LogP contribution in [0, 0.1) is 27.7 Å². The molecule has 220 valence electrons. The number of nitrogens with one attached hydrogen (secondary N) is 1. The molecule has 11 nitrogen and oxygen atoms in total. The minimum Gasteiger partial charge on any atom is -0.366 e. The molecule has 1 fully saturated rings. The van der Waals surface area contributed by atoms with Crippen LogP contribution in [0.1, 0.15) is 29.6 Å². The monoisotopic (exact) mass is 607 g/mol. The zero-order chi connectivity index (χ0) is 29.6. The van der Waals surface area contributed by atoms with Crippen molar-refractivity contribution >= 4 is 38.1 Å². The van der Waals surface area contributed by atoms with Crippen molar-refractivity contribution in [1.82, 2.24) is 29.5 Å². The number of thiophene rings is 1. The summed E-state index contributed by atoms with van der Waals surface area (Å²) in [5, 5.41) is 12.6. The molecule has 1 aliphatic heterocycles. The summed E-state index contributed by atoms with van der Waals surface area (Å²) in [4.78, 5) is 12.2. The van der Waals surface area contributed by atoms with Crippen molar-refractivity contribution < 1.29 is 17.5 Å². The maximum atomic E-state index is 13.4. The van der Waals surface area contributed by atoms with Gasteiger partial charge in [-0.15, -0.1) is 11.3 Å². The summed E-state index contributed by atoms with van der Waals surface area (Å²) in [5.41, 5.74) is 5.30. The van der Waals surface area contributed by atoms with Crippen LogP contribution in [0.3, 0.4) is 0 Å².